The lowest BCUT2D eigenvalue weighted by molar-refractivity contribution is -0.477. The topological polar surface area (TPSA) is 120 Å². The minimum absolute atomic E-state index is 0.116. The lowest BCUT2D eigenvalue weighted by Crippen LogP contribution is -2.72. The SMILES string of the molecule is Cn1c(=O)cc([NH2+]c2ccc(C(=O)O)cc2)c2c(=O)n(-c3ccccc3)c(=O)n(-c3ccccc3)c21. The third-order valence-electron chi connectivity index (χ3n) is 5.96. The number of hydrogen-bond donors (Lipinski definition) is 2. The first-order valence-electron chi connectivity index (χ1n) is 11.1. The molecule has 0 amide bonds. The van der Waals surface area contributed by atoms with Crippen LogP contribution in [0.1, 0.15) is 10.4 Å². The maximum Gasteiger partial charge on any atom is 0.341 e. The van der Waals surface area contributed by atoms with E-state index < -0.39 is 22.8 Å². The zero-order valence-electron chi connectivity index (χ0n) is 19.2. The quantitative estimate of drug-likeness (QED) is 0.373. The molecule has 0 fully saturated rings. The van der Waals surface area contributed by atoms with Gasteiger partial charge in [0.25, 0.3) is 11.1 Å². The number of nitrogens with two attached hydrogens (primary N) is 1. The molecule has 3 N–H and O–H groups in total. The summed E-state index contributed by atoms with van der Waals surface area (Å²) in [6.07, 6.45) is 0. The molecule has 0 aliphatic rings. The zero-order valence-corrected chi connectivity index (χ0v) is 19.2. The van der Waals surface area contributed by atoms with Crippen molar-refractivity contribution in [2.45, 2.75) is 0 Å². The summed E-state index contributed by atoms with van der Waals surface area (Å²) in [5, 5.41) is 11.0. The summed E-state index contributed by atoms with van der Waals surface area (Å²) in [5.74, 6) is -1.06. The van der Waals surface area contributed by atoms with E-state index >= 15 is 0 Å². The fourth-order valence-electron chi connectivity index (χ4n) is 4.20. The fraction of sp³-hybridized carbons (Fsp3) is 0.0370. The summed E-state index contributed by atoms with van der Waals surface area (Å²) in [7, 11) is 1.52. The number of nitrogens with zero attached hydrogens (tertiary/aromatic N) is 3. The van der Waals surface area contributed by atoms with Crippen LogP contribution in [-0.2, 0) is 7.05 Å². The monoisotopic (exact) mass is 481 g/mol. The highest BCUT2D eigenvalue weighted by Gasteiger charge is 2.23. The molecule has 0 spiro atoms. The fourth-order valence-corrected chi connectivity index (χ4v) is 4.20. The highest BCUT2D eigenvalue weighted by Crippen LogP contribution is 2.19. The minimum Gasteiger partial charge on any atom is -0.478 e. The molecule has 0 aliphatic heterocycles. The molecule has 2 heterocycles. The van der Waals surface area contributed by atoms with Crippen LogP contribution >= 0.6 is 0 Å². The summed E-state index contributed by atoms with van der Waals surface area (Å²) in [6.45, 7) is 0. The molecule has 0 bridgehead atoms. The summed E-state index contributed by atoms with van der Waals surface area (Å²) in [6, 6.07) is 24.8. The predicted molar refractivity (Wildman–Crippen MR) is 135 cm³/mol. The number of pyridine rings is 1. The van der Waals surface area contributed by atoms with Gasteiger partial charge in [-0.1, -0.05) is 36.4 Å². The van der Waals surface area contributed by atoms with Gasteiger partial charge in [-0.3, -0.25) is 19.5 Å². The van der Waals surface area contributed by atoms with Gasteiger partial charge in [0.15, 0.2) is 5.69 Å². The van der Waals surface area contributed by atoms with Crippen molar-refractivity contribution in [3.8, 4) is 11.4 Å². The molecule has 5 rings (SSSR count). The van der Waals surface area contributed by atoms with Gasteiger partial charge >= 0.3 is 11.7 Å². The molecular formula is C27H21N4O5+. The molecule has 2 aromatic heterocycles. The van der Waals surface area contributed by atoms with Crippen molar-refractivity contribution >= 4 is 28.4 Å². The molecular weight excluding hydrogens is 460 g/mol. The van der Waals surface area contributed by atoms with Crippen LogP contribution in [0.2, 0.25) is 0 Å². The van der Waals surface area contributed by atoms with Crippen LogP contribution in [0.5, 0.6) is 0 Å². The Hall–Kier alpha value is -5.02. The first-order chi connectivity index (χ1) is 17.4. The van der Waals surface area contributed by atoms with Crippen molar-refractivity contribution in [1.29, 1.82) is 0 Å². The van der Waals surface area contributed by atoms with Gasteiger partial charge in [0.2, 0.25) is 0 Å². The number of benzene rings is 3. The van der Waals surface area contributed by atoms with Gasteiger partial charge in [0, 0.05) is 19.2 Å². The number of hydrogen-bond acceptors (Lipinski definition) is 4. The maximum absolute atomic E-state index is 13.9. The highest BCUT2D eigenvalue weighted by atomic mass is 16.4. The molecule has 36 heavy (non-hydrogen) atoms. The number of aromatic carboxylic acids is 1. The third kappa shape index (κ3) is 3.83. The Kier molecular flexibility index (Phi) is 5.67. The standard InChI is InChI=1S/C27H20N4O5/c1-29-22(32)16-21(28-18-14-12-17(13-15-18)26(34)35)23-24(29)30(19-8-4-2-5-9-19)27(36)31(25(23)33)20-10-6-3-7-11-20/h2-16,28H,1H3,(H,34,35)/p+1. The Morgan fingerprint density at radius 1 is 0.778 bits per heavy atom. The van der Waals surface area contributed by atoms with Gasteiger partial charge in [-0.25, -0.2) is 18.7 Å². The molecule has 0 atom stereocenters. The van der Waals surface area contributed by atoms with Gasteiger partial charge in [-0.05, 0) is 36.4 Å². The van der Waals surface area contributed by atoms with E-state index in [4.69, 9.17) is 0 Å². The van der Waals surface area contributed by atoms with Crippen LogP contribution in [0.25, 0.3) is 22.4 Å². The van der Waals surface area contributed by atoms with Gasteiger partial charge < -0.3 is 5.11 Å². The first-order valence-corrected chi connectivity index (χ1v) is 11.1. The average Bonchev–Trinajstić information content (AvgIpc) is 2.88. The van der Waals surface area contributed by atoms with E-state index in [0.29, 0.717) is 22.7 Å². The van der Waals surface area contributed by atoms with E-state index in [1.807, 2.05) is 6.07 Å². The van der Waals surface area contributed by atoms with Crippen molar-refractivity contribution in [1.82, 2.24) is 13.7 Å². The van der Waals surface area contributed by atoms with Crippen molar-refractivity contribution in [3.63, 3.8) is 0 Å². The van der Waals surface area contributed by atoms with Crippen LogP contribution < -0.4 is 22.1 Å². The Bertz CT molecular complexity index is 1790. The van der Waals surface area contributed by atoms with Crippen molar-refractivity contribution in [3.05, 3.63) is 128 Å². The molecule has 0 aliphatic carbocycles. The number of fused-ring (bicyclic) bond motifs is 1. The van der Waals surface area contributed by atoms with E-state index in [9.17, 15) is 24.3 Å². The summed E-state index contributed by atoms with van der Waals surface area (Å²) < 4.78 is 3.73. The maximum atomic E-state index is 13.9. The van der Waals surface area contributed by atoms with Crippen LogP contribution in [0.15, 0.2) is 105 Å². The number of aryl methyl sites for hydroxylation is 1. The number of carbonyl (C=O) groups is 1. The Morgan fingerprint density at radius 2 is 1.33 bits per heavy atom. The number of quaternary nitrogens is 1. The zero-order chi connectivity index (χ0) is 25.4. The minimum atomic E-state index is -1.06. The highest BCUT2D eigenvalue weighted by molar-refractivity contribution is 5.88. The van der Waals surface area contributed by atoms with E-state index in [-0.39, 0.29) is 16.6 Å². The number of aromatic nitrogens is 3. The molecule has 0 unspecified atom stereocenters. The van der Waals surface area contributed by atoms with Gasteiger partial charge in [-0.2, -0.15) is 0 Å². The van der Waals surface area contributed by atoms with E-state index in [1.165, 1.54) is 34.4 Å². The summed E-state index contributed by atoms with van der Waals surface area (Å²) >= 11 is 0. The summed E-state index contributed by atoms with van der Waals surface area (Å²) in [5.41, 5.74) is 0.486. The number of carboxylic acid groups (broad SMARTS) is 1. The second-order valence-corrected chi connectivity index (χ2v) is 8.20. The van der Waals surface area contributed by atoms with Crippen LogP contribution in [0.4, 0.5) is 11.4 Å². The van der Waals surface area contributed by atoms with Crippen LogP contribution in [-0.4, -0.2) is 24.8 Å². The average molecular weight is 481 g/mol. The first kappa shape index (κ1) is 22.8. The third-order valence-corrected chi connectivity index (χ3v) is 5.96. The Balaban J connectivity index is 1.89. The molecule has 9 heteroatoms. The molecule has 0 radical (unpaired) electrons. The smallest absolute Gasteiger partial charge is 0.341 e. The largest absolute Gasteiger partial charge is 0.478 e. The molecule has 0 saturated heterocycles. The van der Waals surface area contributed by atoms with Crippen molar-refractivity contribution in [2.24, 2.45) is 7.05 Å². The normalized spacial score (nSPS) is 11.0. The number of para-hydroxylation sites is 2. The van der Waals surface area contributed by atoms with E-state index in [2.05, 4.69) is 0 Å². The van der Waals surface area contributed by atoms with Gasteiger partial charge in [0.1, 0.15) is 16.7 Å². The molecule has 5 aromatic rings. The van der Waals surface area contributed by atoms with Gasteiger partial charge in [0.05, 0.1) is 23.0 Å². The molecule has 178 valence electrons. The Morgan fingerprint density at radius 3 is 1.89 bits per heavy atom. The number of carboxylic acids is 1. The van der Waals surface area contributed by atoms with Gasteiger partial charge in [-0.15, -0.1) is 0 Å². The second-order valence-electron chi connectivity index (χ2n) is 8.20. The van der Waals surface area contributed by atoms with Crippen molar-refractivity contribution in [2.75, 3.05) is 0 Å². The van der Waals surface area contributed by atoms with Crippen molar-refractivity contribution < 1.29 is 15.2 Å². The lowest BCUT2D eigenvalue weighted by atomic mass is 10.2. The predicted octanol–water partition coefficient (Wildman–Crippen LogP) is 2.07. The van der Waals surface area contributed by atoms with Crippen LogP contribution in [0, 0.1) is 0 Å². The van der Waals surface area contributed by atoms with Crippen LogP contribution in [0.3, 0.4) is 0 Å². The lowest BCUT2D eigenvalue weighted by Gasteiger charge is -2.17. The molecule has 0 saturated carbocycles. The Labute approximate surface area is 203 Å². The van der Waals surface area contributed by atoms with E-state index in [0.717, 1.165) is 4.57 Å². The second kappa shape index (κ2) is 8.97. The summed E-state index contributed by atoms with van der Waals surface area (Å²) in [4.78, 5) is 51.9. The molecule has 9 nitrogen and oxygen atoms in total. The van der Waals surface area contributed by atoms with E-state index in [1.54, 1.807) is 72.0 Å². The molecule has 3 aromatic carbocycles. The number of rotatable bonds is 5.